The van der Waals surface area contributed by atoms with Gasteiger partial charge in [0.25, 0.3) is 6.10 Å². The molecule has 1 aliphatic heterocycles. The van der Waals surface area contributed by atoms with Crippen molar-refractivity contribution in [2.45, 2.75) is 50.1 Å². The van der Waals surface area contributed by atoms with Crippen LogP contribution in [0.1, 0.15) is 32.6 Å². The van der Waals surface area contributed by atoms with Crippen molar-refractivity contribution in [3.05, 3.63) is 0 Å². The molecule has 2 fully saturated rings. The highest BCUT2D eigenvalue weighted by Gasteiger charge is 2.66. The molecule has 174 valence electrons. The zero-order valence-corrected chi connectivity index (χ0v) is 16.6. The second-order valence-electron chi connectivity index (χ2n) is 7.80. The molecule has 2 aliphatic rings. The Balaban J connectivity index is 2.15. The normalized spacial score (nSPS) is 25.7. The van der Waals surface area contributed by atoms with E-state index < -0.39 is 56.8 Å². The van der Waals surface area contributed by atoms with Crippen LogP contribution in [0.25, 0.3) is 0 Å². The summed E-state index contributed by atoms with van der Waals surface area (Å²) in [6.45, 7) is 2.36. The fraction of sp³-hybridized carbons (Fsp3) is 0.875. The fourth-order valence-electron chi connectivity index (χ4n) is 3.25. The number of carbonyl (C=O) groups excluding carboxylic acids is 2. The van der Waals surface area contributed by atoms with Crippen LogP contribution in [0.4, 0.5) is 22.0 Å². The van der Waals surface area contributed by atoms with Crippen LogP contribution in [0, 0.1) is 17.3 Å². The van der Waals surface area contributed by atoms with E-state index in [1.165, 1.54) is 0 Å². The van der Waals surface area contributed by atoms with Gasteiger partial charge in [0, 0.05) is 5.41 Å². The van der Waals surface area contributed by atoms with Crippen molar-refractivity contribution in [2.24, 2.45) is 17.3 Å². The van der Waals surface area contributed by atoms with Gasteiger partial charge in [0.05, 0.1) is 25.0 Å². The van der Waals surface area contributed by atoms with Gasteiger partial charge >= 0.3 is 33.5 Å². The van der Waals surface area contributed by atoms with Crippen LogP contribution >= 0.6 is 0 Å². The van der Waals surface area contributed by atoms with Crippen molar-refractivity contribution in [1.29, 1.82) is 0 Å². The molecule has 1 aliphatic carbocycles. The number of hydrogen-bond acceptors (Lipinski definition) is 7. The first-order valence-corrected chi connectivity index (χ1v) is 10.4. The molecular weight excluding hydrogens is 447 g/mol. The van der Waals surface area contributed by atoms with Gasteiger partial charge < -0.3 is 14.2 Å². The van der Waals surface area contributed by atoms with E-state index in [9.17, 15) is 40.0 Å². The summed E-state index contributed by atoms with van der Waals surface area (Å²) in [5.74, 6) is -5.47. The summed E-state index contributed by atoms with van der Waals surface area (Å²) in [6.07, 6.45) is -9.78. The molecule has 3 unspecified atom stereocenters. The van der Waals surface area contributed by atoms with Crippen molar-refractivity contribution in [1.82, 2.24) is 0 Å². The summed E-state index contributed by atoms with van der Waals surface area (Å²) in [6, 6.07) is 0. The summed E-state index contributed by atoms with van der Waals surface area (Å²) in [4.78, 5) is 24.6. The minimum Gasteiger partial charge on any atom is -0.465 e. The zero-order chi connectivity index (χ0) is 23.0. The number of alkyl halides is 5. The van der Waals surface area contributed by atoms with Crippen molar-refractivity contribution < 1.29 is 58.7 Å². The first-order valence-electron chi connectivity index (χ1n) is 8.95. The Bertz CT molecular complexity index is 762. The molecule has 1 N–H and O–H groups in total. The van der Waals surface area contributed by atoms with Gasteiger partial charge in [0.1, 0.15) is 6.61 Å². The number of halogens is 5. The summed E-state index contributed by atoms with van der Waals surface area (Å²) in [5.41, 5.74) is -0.431. The summed E-state index contributed by atoms with van der Waals surface area (Å²) in [5, 5.41) is -5.83. The molecule has 0 radical (unpaired) electrons. The van der Waals surface area contributed by atoms with Gasteiger partial charge in [-0.05, 0) is 12.8 Å². The Hall–Kier alpha value is -1.54. The molecule has 14 heteroatoms. The van der Waals surface area contributed by atoms with E-state index in [1.807, 2.05) is 0 Å². The second kappa shape index (κ2) is 8.54. The maximum Gasteiger partial charge on any atom is 0.432 e. The second-order valence-corrected chi connectivity index (χ2v) is 9.30. The van der Waals surface area contributed by atoms with Crippen LogP contribution in [0.5, 0.6) is 0 Å². The van der Waals surface area contributed by atoms with Crippen LogP contribution in [-0.4, -0.2) is 62.3 Å². The zero-order valence-electron chi connectivity index (χ0n) is 15.8. The van der Waals surface area contributed by atoms with E-state index in [4.69, 9.17) is 14.0 Å². The Morgan fingerprint density at radius 2 is 1.60 bits per heavy atom. The third-order valence-electron chi connectivity index (χ3n) is 5.02. The number of carbonyl (C=O) groups is 2. The molecule has 0 amide bonds. The Morgan fingerprint density at radius 3 is 2.00 bits per heavy atom. The fourth-order valence-corrected chi connectivity index (χ4v) is 3.70. The highest BCUT2D eigenvalue weighted by atomic mass is 32.2. The smallest absolute Gasteiger partial charge is 0.432 e. The third kappa shape index (κ3) is 5.38. The van der Waals surface area contributed by atoms with Crippen LogP contribution in [0.3, 0.4) is 0 Å². The lowest BCUT2D eigenvalue weighted by atomic mass is 9.79. The number of hydrogen-bond donors (Lipinski definition) is 1. The van der Waals surface area contributed by atoms with Gasteiger partial charge in [-0.15, -0.1) is 0 Å². The average Bonchev–Trinajstić information content (AvgIpc) is 2.60. The molecule has 1 heterocycles. The molecule has 0 bridgehead atoms. The van der Waals surface area contributed by atoms with Crippen LogP contribution < -0.4 is 0 Å². The summed E-state index contributed by atoms with van der Waals surface area (Å²) < 4.78 is 110. The molecule has 0 aromatic heterocycles. The van der Waals surface area contributed by atoms with E-state index in [1.54, 1.807) is 6.92 Å². The minimum absolute atomic E-state index is 0.0528. The van der Waals surface area contributed by atoms with Gasteiger partial charge in [-0.2, -0.15) is 30.4 Å². The summed E-state index contributed by atoms with van der Waals surface area (Å²) in [7, 11) is -6.55. The highest BCUT2D eigenvalue weighted by molar-refractivity contribution is 7.86. The van der Waals surface area contributed by atoms with Crippen LogP contribution in [0.15, 0.2) is 0 Å². The molecule has 8 nitrogen and oxygen atoms in total. The maximum absolute atomic E-state index is 13.6. The predicted octanol–water partition coefficient (Wildman–Crippen LogP) is 2.33. The lowest BCUT2D eigenvalue weighted by molar-refractivity contribution is -0.261. The largest absolute Gasteiger partial charge is 0.465 e. The average molecular weight is 468 g/mol. The summed E-state index contributed by atoms with van der Waals surface area (Å²) >= 11 is 0. The molecule has 1 saturated carbocycles. The van der Waals surface area contributed by atoms with Crippen LogP contribution in [0.2, 0.25) is 0 Å². The van der Waals surface area contributed by atoms with Gasteiger partial charge in [0.15, 0.2) is 0 Å². The van der Waals surface area contributed by atoms with Gasteiger partial charge in [0.2, 0.25) is 0 Å². The van der Waals surface area contributed by atoms with E-state index in [2.05, 4.69) is 4.74 Å². The quantitative estimate of drug-likeness (QED) is 0.344. The molecule has 0 aromatic rings. The standard InChI is InChI=1S/C16H21F5O8S/c1-14(6-27-7-14)8-28-11(22)9-4-2-3-5-10(9)12(23)29-13(15(17,18)19)16(20,21)30(24,25)26/h9-10,13H,2-8H2,1H3,(H,24,25,26). The highest BCUT2D eigenvalue weighted by Crippen LogP contribution is 2.40. The monoisotopic (exact) mass is 468 g/mol. The van der Waals surface area contributed by atoms with E-state index in [-0.39, 0.29) is 19.4 Å². The SMILES string of the molecule is CC1(COC(=O)C2CCCCC2C(=O)OC(C(F)(F)F)C(F)(F)S(=O)(=O)O)COC1. The lowest BCUT2D eigenvalue weighted by Gasteiger charge is -2.38. The van der Waals surface area contributed by atoms with Gasteiger partial charge in [-0.25, -0.2) is 0 Å². The van der Waals surface area contributed by atoms with Crippen molar-refractivity contribution >= 4 is 22.1 Å². The molecular formula is C16H21F5O8S. The number of ether oxygens (including phenoxy) is 3. The van der Waals surface area contributed by atoms with Crippen molar-refractivity contribution in [2.75, 3.05) is 19.8 Å². The van der Waals surface area contributed by atoms with Crippen LogP contribution in [-0.2, 0) is 33.9 Å². The predicted molar refractivity (Wildman–Crippen MR) is 87.8 cm³/mol. The molecule has 0 spiro atoms. The van der Waals surface area contributed by atoms with Crippen molar-refractivity contribution in [3.63, 3.8) is 0 Å². The third-order valence-corrected chi connectivity index (χ3v) is 5.92. The van der Waals surface area contributed by atoms with Gasteiger partial charge in [-0.1, -0.05) is 19.8 Å². The molecule has 1 saturated heterocycles. The minimum atomic E-state index is -6.55. The van der Waals surface area contributed by atoms with E-state index in [0.717, 1.165) is 0 Å². The van der Waals surface area contributed by atoms with E-state index >= 15 is 0 Å². The molecule has 2 rings (SSSR count). The van der Waals surface area contributed by atoms with Crippen molar-refractivity contribution in [3.8, 4) is 0 Å². The molecule has 0 aromatic carbocycles. The first-order chi connectivity index (χ1) is 13.6. The topological polar surface area (TPSA) is 116 Å². The Morgan fingerprint density at radius 1 is 1.10 bits per heavy atom. The maximum atomic E-state index is 13.6. The number of esters is 2. The van der Waals surface area contributed by atoms with Gasteiger partial charge in [-0.3, -0.25) is 14.1 Å². The lowest BCUT2D eigenvalue weighted by Crippen LogP contribution is -2.53. The van der Waals surface area contributed by atoms with E-state index in [0.29, 0.717) is 26.1 Å². The number of rotatable bonds is 7. The Kier molecular flexibility index (Phi) is 7.04. The molecule has 3 atom stereocenters. The Labute approximate surface area is 168 Å². The molecule has 30 heavy (non-hydrogen) atoms. The first kappa shape index (κ1) is 24.7.